The maximum absolute atomic E-state index is 5.08. The molecule has 1 aromatic heterocycles. The number of hydrogen-bond acceptors (Lipinski definition) is 3. The Balaban J connectivity index is 1.82. The smallest absolute Gasteiger partial charge is 0.194 e. The van der Waals surface area contributed by atoms with Crippen molar-refractivity contribution in [3.05, 3.63) is 11.1 Å². The molecule has 78 valence electrons. The predicted octanol–water partition coefficient (Wildman–Crippen LogP) is 1.43. The van der Waals surface area contributed by atoms with Crippen molar-refractivity contribution in [1.29, 1.82) is 0 Å². The number of H-pyrrole nitrogens is 1. The fraction of sp³-hybridized carbons (Fsp3) is 0.778. The lowest BCUT2D eigenvalue weighted by atomic mass is 10.1. The van der Waals surface area contributed by atoms with Gasteiger partial charge in [-0.05, 0) is 38.1 Å². The molecule has 0 aliphatic carbocycles. The molecule has 0 aromatic carbocycles. The van der Waals surface area contributed by atoms with Gasteiger partial charge >= 0.3 is 0 Å². The molecule has 2 heterocycles. The molecule has 1 aromatic rings. The number of nitrogens with one attached hydrogen (secondary N) is 1. The van der Waals surface area contributed by atoms with Crippen LogP contribution in [0.3, 0.4) is 0 Å². The number of aromatic nitrogens is 3. The normalized spacial score (nSPS) is 18.6. The number of nitrogens with zero attached hydrogens (tertiary/aromatic N) is 3. The fourth-order valence-corrected chi connectivity index (χ4v) is 2.05. The Bertz CT molecular complexity index is 324. The molecule has 1 N–H and O–H groups in total. The summed E-state index contributed by atoms with van der Waals surface area (Å²) in [6, 6.07) is 0. The van der Waals surface area contributed by atoms with E-state index in [1.54, 1.807) is 6.33 Å². The summed E-state index contributed by atoms with van der Waals surface area (Å²) in [6.07, 6.45) is 5.85. The van der Waals surface area contributed by atoms with Crippen molar-refractivity contribution in [3.8, 4) is 0 Å². The third-order valence-corrected chi connectivity index (χ3v) is 3.05. The summed E-state index contributed by atoms with van der Waals surface area (Å²) in [7, 11) is 0. The second kappa shape index (κ2) is 4.70. The molecule has 5 heteroatoms. The molecule has 0 unspecified atom stereocenters. The van der Waals surface area contributed by atoms with Crippen molar-refractivity contribution in [2.45, 2.75) is 25.8 Å². The van der Waals surface area contributed by atoms with Crippen LogP contribution in [0, 0.1) is 4.77 Å². The maximum atomic E-state index is 5.08. The highest BCUT2D eigenvalue weighted by atomic mass is 32.1. The van der Waals surface area contributed by atoms with Crippen molar-refractivity contribution in [1.82, 2.24) is 19.7 Å². The molecule has 0 saturated carbocycles. The van der Waals surface area contributed by atoms with Crippen molar-refractivity contribution >= 4 is 12.2 Å². The average molecular weight is 212 g/mol. The summed E-state index contributed by atoms with van der Waals surface area (Å²) in [5.41, 5.74) is 0. The molecule has 0 bridgehead atoms. The first-order valence-electron chi connectivity index (χ1n) is 5.18. The van der Waals surface area contributed by atoms with Gasteiger partial charge in [-0.15, -0.1) is 0 Å². The highest BCUT2D eigenvalue weighted by Gasteiger charge is 2.09. The third kappa shape index (κ3) is 2.42. The standard InChI is InChI=1S/C9H16N4S/c14-9-11-10-8-13(9)7-6-12-4-2-1-3-5-12/h8H,1-7H2,(H,11,14). The summed E-state index contributed by atoms with van der Waals surface area (Å²) in [6.45, 7) is 4.53. The lowest BCUT2D eigenvalue weighted by Gasteiger charge is -2.26. The van der Waals surface area contributed by atoms with Gasteiger partial charge in [-0.25, -0.2) is 0 Å². The monoisotopic (exact) mass is 212 g/mol. The Morgan fingerprint density at radius 1 is 1.29 bits per heavy atom. The van der Waals surface area contributed by atoms with Crippen LogP contribution in [-0.4, -0.2) is 39.3 Å². The highest BCUT2D eigenvalue weighted by molar-refractivity contribution is 7.71. The molecular weight excluding hydrogens is 196 g/mol. The second-order valence-electron chi connectivity index (χ2n) is 3.76. The topological polar surface area (TPSA) is 36.9 Å². The van der Waals surface area contributed by atoms with Crippen LogP contribution in [0.15, 0.2) is 6.33 Å². The van der Waals surface area contributed by atoms with E-state index in [1.807, 2.05) is 4.57 Å². The maximum Gasteiger partial charge on any atom is 0.194 e. The molecule has 0 atom stereocenters. The van der Waals surface area contributed by atoms with E-state index in [4.69, 9.17) is 12.2 Å². The van der Waals surface area contributed by atoms with Gasteiger partial charge in [0.2, 0.25) is 0 Å². The minimum atomic E-state index is 0.724. The van der Waals surface area contributed by atoms with E-state index in [1.165, 1.54) is 32.4 Å². The fourth-order valence-electron chi connectivity index (χ4n) is 1.86. The molecular formula is C9H16N4S. The summed E-state index contributed by atoms with van der Waals surface area (Å²) in [4.78, 5) is 2.50. The molecule has 1 saturated heterocycles. The van der Waals surface area contributed by atoms with Crippen LogP contribution in [0.4, 0.5) is 0 Å². The highest BCUT2D eigenvalue weighted by Crippen LogP contribution is 2.08. The molecule has 14 heavy (non-hydrogen) atoms. The van der Waals surface area contributed by atoms with E-state index in [-0.39, 0.29) is 0 Å². The van der Waals surface area contributed by atoms with Gasteiger partial charge in [-0.2, -0.15) is 5.10 Å². The molecule has 1 fully saturated rings. The molecule has 2 rings (SSSR count). The van der Waals surface area contributed by atoms with Crippen LogP contribution in [0.5, 0.6) is 0 Å². The van der Waals surface area contributed by atoms with Crippen molar-refractivity contribution in [2.75, 3.05) is 19.6 Å². The minimum Gasteiger partial charge on any atom is -0.305 e. The van der Waals surface area contributed by atoms with Crippen LogP contribution in [-0.2, 0) is 6.54 Å². The van der Waals surface area contributed by atoms with Crippen molar-refractivity contribution in [2.24, 2.45) is 0 Å². The molecule has 1 aliphatic heterocycles. The van der Waals surface area contributed by atoms with Crippen molar-refractivity contribution < 1.29 is 0 Å². The number of hydrogen-bond donors (Lipinski definition) is 1. The van der Waals surface area contributed by atoms with Gasteiger partial charge < -0.3 is 9.47 Å². The first-order valence-corrected chi connectivity index (χ1v) is 5.59. The van der Waals surface area contributed by atoms with E-state index >= 15 is 0 Å². The zero-order chi connectivity index (χ0) is 9.80. The van der Waals surface area contributed by atoms with Crippen LogP contribution in [0.25, 0.3) is 0 Å². The number of aromatic amines is 1. The van der Waals surface area contributed by atoms with Gasteiger partial charge in [0.1, 0.15) is 6.33 Å². The minimum absolute atomic E-state index is 0.724. The van der Waals surface area contributed by atoms with E-state index in [0.29, 0.717) is 0 Å². The van der Waals surface area contributed by atoms with Gasteiger partial charge in [0.05, 0.1) is 0 Å². The second-order valence-corrected chi connectivity index (χ2v) is 4.14. The molecule has 0 spiro atoms. The van der Waals surface area contributed by atoms with Crippen LogP contribution in [0.2, 0.25) is 0 Å². The Kier molecular flexibility index (Phi) is 3.31. The Hall–Kier alpha value is -0.680. The van der Waals surface area contributed by atoms with Gasteiger partial charge in [0, 0.05) is 13.1 Å². The van der Waals surface area contributed by atoms with Crippen LogP contribution >= 0.6 is 12.2 Å². The average Bonchev–Trinajstić information content (AvgIpc) is 2.63. The van der Waals surface area contributed by atoms with Crippen LogP contribution < -0.4 is 0 Å². The summed E-state index contributed by atoms with van der Waals surface area (Å²) in [5.74, 6) is 0. The summed E-state index contributed by atoms with van der Waals surface area (Å²) >= 11 is 5.08. The summed E-state index contributed by atoms with van der Waals surface area (Å²) in [5, 5.41) is 6.67. The zero-order valence-electron chi connectivity index (χ0n) is 8.28. The van der Waals surface area contributed by atoms with E-state index in [9.17, 15) is 0 Å². The van der Waals surface area contributed by atoms with Crippen molar-refractivity contribution in [3.63, 3.8) is 0 Å². The molecule has 1 aliphatic rings. The van der Waals surface area contributed by atoms with Gasteiger partial charge in [-0.3, -0.25) is 5.10 Å². The number of rotatable bonds is 3. The van der Waals surface area contributed by atoms with E-state index in [0.717, 1.165) is 17.9 Å². The lowest BCUT2D eigenvalue weighted by Crippen LogP contribution is -2.32. The molecule has 0 radical (unpaired) electrons. The zero-order valence-corrected chi connectivity index (χ0v) is 9.09. The first-order chi connectivity index (χ1) is 6.86. The molecule has 4 nitrogen and oxygen atoms in total. The Labute approximate surface area is 88.9 Å². The van der Waals surface area contributed by atoms with Gasteiger partial charge in [0.25, 0.3) is 0 Å². The van der Waals surface area contributed by atoms with Gasteiger partial charge in [-0.1, -0.05) is 6.42 Å². The third-order valence-electron chi connectivity index (χ3n) is 2.72. The largest absolute Gasteiger partial charge is 0.305 e. The quantitative estimate of drug-likeness (QED) is 0.770. The van der Waals surface area contributed by atoms with E-state index in [2.05, 4.69) is 15.1 Å². The summed E-state index contributed by atoms with van der Waals surface area (Å²) < 4.78 is 2.71. The number of likely N-dealkylation sites (tertiary alicyclic amines) is 1. The first kappa shape index (κ1) is 9.86. The van der Waals surface area contributed by atoms with E-state index < -0.39 is 0 Å². The SMILES string of the molecule is S=c1[nH]ncn1CCN1CCCCC1. The van der Waals surface area contributed by atoms with Crippen LogP contribution in [0.1, 0.15) is 19.3 Å². The predicted molar refractivity (Wildman–Crippen MR) is 57.7 cm³/mol. The molecule has 0 amide bonds. The lowest BCUT2D eigenvalue weighted by molar-refractivity contribution is 0.220. The Morgan fingerprint density at radius 3 is 2.71 bits per heavy atom. The van der Waals surface area contributed by atoms with Gasteiger partial charge in [0.15, 0.2) is 4.77 Å². The number of piperidine rings is 1. The Morgan fingerprint density at radius 2 is 2.07 bits per heavy atom.